The molecule has 1 saturated heterocycles. The third-order valence-corrected chi connectivity index (χ3v) is 6.30. The lowest BCUT2D eigenvalue weighted by Gasteiger charge is -2.39. The molecule has 0 bridgehead atoms. The third-order valence-electron chi connectivity index (χ3n) is 6.30. The van der Waals surface area contributed by atoms with Gasteiger partial charge in [0.1, 0.15) is 5.82 Å². The lowest BCUT2D eigenvalue weighted by Crippen LogP contribution is -2.54. The Morgan fingerprint density at radius 3 is 2.73 bits per heavy atom. The van der Waals surface area contributed by atoms with E-state index in [4.69, 9.17) is 4.74 Å². The molecule has 2 fully saturated rings. The van der Waals surface area contributed by atoms with Crippen LogP contribution in [0.3, 0.4) is 0 Å². The molecule has 144 valence electrons. The topological polar surface area (TPSA) is 41.6 Å². The third kappa shape index (κ3) is 4.44. The summed E-state index contributed by atoms with van der Waals surface area (Å²) >= 11 is 0. The van der Waals surface area contributed by atoms with E-state index in [9.17, 15) is 9.18 Å². The van der Waals surface area contributed by atoms with Crippen molar-refractivity contribution in [1.82, 2.24) is 10.2 Å². The van der Waals surface area contributed by atoms with Crippen molar-refractivity contribution in [3.8, 4) is 0 Å². The number of nitrogens with zero attached hydrogens (tertiary/aromatic N) is 1. The molecule has 1 aliphatic heterocycles. The first-order valence-electron chi connectivity index (χ1n) is 9.87. The zero-order valence-corrected chi connectivity index (χ0v) is 16.1. The number of amides is 1. The van der Waals surface area contributed by atoms with E-state index < -0.39 is 0 Å². The van der Waals surface area contributed by atoms with Gasteiger partial charge in [0.05, 0.1) is 18.8 Å². The van der Waals surface area contributed by atoms with Crippen LogP contribution in [0.2, 0.25) is 0 Å². The molecule has 26 heavy (non-hydrogen) atoms. The van der Waals surface area contributed by atoms with Crippen molar-refractivity contribution in [2.75, 3.05) is 19.7 Å². The van der Waals surface area contributed by atoms with Crippen LogP contribution in [-0.4, -0.2) is 42.6 Å². The first kappa shape index (κ1) is 19.3. The molecule has 0 aromatic heterocycles. The number of morpholine rings is 1. The Morgan fingerprint density at radius 2 is 2.00 bits per heavy atom. The van der Waals surface area contributed by atoms with Crippen molar-refractivity contribution in [1.29, 1.82) is 0 Å². The summed E-state index contributed by atoms with van der Waals surface area (Å²) < 4.78 is 19.0. The van der Waals surface area contributed by atoms with Gasteiger partial charge in [0.15, 0.2) is 0 Å². The SMILES string of the molecule is C[C@H]1[C@H](C)CCC[C@@H]1NC(=O)[C@H](C)N1CCO[C@H](c2ccc(F)cc2)C1. The van der Waals surface area contributed by atoms with Crippen LogP contribution >= 0.6 is 0 Å². The molecule has 4 nitrogen and oxygen atoms in total. The predicted molar refractivity (Wildman–Crippen MR) is 100 cm³/mol. The van der Waals surface area contributed by atoms with Gasteiger partial charge in [-0.2, -0.15) is 0 Å². The van der Waals surface area contributed by atoms with Crippen LogP contribution in [0.4, 0.5) is 4.39 Å². The molecule has 1 saturated carbocycles. The number of hydrogen-bond acceptors (Lipinski definition) is 3. The quantitative estimate of drug-likeness (QED) is 0.891. The van der Waals surface area contributed by atoms with Crippen LogP contribution in [0.25, 0.3) is 0 Å². The summed E-state index contributed by atoms with van der Waals surface area (Å²) in [6, 6.07) is 6.53. The largest absolute Gasteiger partial charge is 0.371 e. The normalized spacial score (nSPS) is 31.4. The van der Waals surface area contributed by atoms with Gasteiger partial charge in [-0.15, -0.1) is 0 Å². The van der Waals surface area contributed by atoms with Crippen molar-refractivity contribution < 1.29 is 13.9 Å². The number of ether oxygens (including phenoxy) is 1. The number of carbonyl (C=O) groups is 1. The van der Waals surface area contributed by atoms with Crippen LogP contribution in [-0.2, 0) is 9.53 Å². The highest BCUT2D eigenvalue weighted by molar-refractivity contribution is 5.81. The molecular formula is C21H31FN2O2. The van der Waals surface area contributed by atoms with Gasteiger partial charge in [-0.05, 0) is 42.9 Å². The standard InChI is InChI=1S/C21H31FN2O2/c1-14-5-4-6-19(15(14)2)23-21(25)16(3)24-11-12-26-20(13-24)17-7-9-18(22)10-8-17/h7-10,14-16,19-20H,4-6,11-13H2,1-3H3,(H,23,25)/t14-,15+,16+,19+,20+/m1/s1. The molecule has 3 rings (SSSR count). The molecular weight excluding hydrogens is 331 g/mol. The fourth-order valence-electron chi connectivity index (χ4n) is 4.15. The van der Waals surface area contributed by atoms with Crippen molar-refractivity contribution >= 4 is 5.91 Å². The van der Waals surface area contributed by atoms with Crippen molar-refractivity contribution in [3.63, 3.8) is 0 Å². The lowest BCUT2D eigenvalue weighted by atomic mass is 9.78. The first-order chi connectivity index (χ1) is 12.5. The summed E-state index contributed by atoms with van der Waals surface area (Å²) in [5.74, 6) is 1.05. The summed E-state index contributed by atoms with van der Waals surface area (Å²) in [6.07, 6.45) is 3.40. The van der Waals surface area contributed by atoms with Gasteiger partial charge in [-0.3, -0.25) is 9.69 Å². The second-order valence-corrected chi connectivity index (χ2v) is 7.96. The van der Waals surface area contributed by atoms with Crippen LogP contribution in [0.1, 0.15) is 51.7 Å². The zero-order chi connectivity index (χ0) is 18.7. The maximum Gasteiger partial charge on any atom is 0.237 e. The van der Waals surface area contributed by atoms with Gasteiger partial charge in [-0.1, -0.05) is 38.8 Å². The average molecular weight is 362 g/mol. The molecule has 2 aliphatic rings. The summed E-state index contributed by atoms with van der Waals surface area (Å²) in [4.78, 5) is 15.0. The van der Waals surface area contributed by atoms with E-state index in [1.807, 2.05) is 6.92 Å². The molecule has 0 radical (unpaired) electrons. The van der Waals surface area contributed by atoms with Gasteiger partial charge >= 0.3 is 0 Å². The van der Waals surface area contributed by atoms with E-state index in [1.165, 1.54) is 25.0 Å². The molecule has 0 spiro atoms. The van der Waals surface area contributed by atoms with E-state index in [2.05, 4.69) is 24.1 Å². The van der Waals surface area contributed by atoms with E-state index in [0.29, 0.717) is 25.0 Å². The zero-order valence-electron chi connectivity index (χ0n) is 16.1. The number of nitrogens with one attached hydrogen (secondary N) is 1. The Kier molecular flexibility index (Phi) is 6.30. The maximum absolute atomic E-state index is 13.1. The maximum atomic E-state index is 13.1. The first-order valence-corrected chi connectivity index (χ1v) is 9.87. The number of carbonyl (C=O) groups excluding carboxylic acids is 1. The molecule has 1 aromatic rings. The Balaban J connectivity index is 1.58. The molecule has 5 heteroatoms. The molecule has 1 aliphatic carbocycles. The van der Waals surface area contributed by atoms with Gasteiger partial charge < -0.3 is 10.1 Å². The number of hydrogen-bond donors (Lipinski definition) is 1. The molecule has 5 atom stereocenters. The minimum Gasteiger partial charge on any atom is -0.371 e. The fourth-order valence-corrected chi connectivity index (χ4v) is 4.15. The fraction of sp³-hybridized carbons (Fsp3) is 0.667. The monoisotopic (exact) mass is 362 g/mol. The van der Waals surface area contributed by atoms with Crippen LogP contribution in [0.5, 0.6) is 0 Å². The van der Waals surface area contributed by atoms with Gasteiger partial charge in [0.2, 0.25) is 5.91 Å². The lowest BCUT2D eigenvalue weighted by molar-refractivity contribution is -0.130. The van der Waals surface area contributed by atoms with E-state index in [-0.39, 0.29) is 29.9 Å². The minimum atomic E-state index is -0.245. The van der Waals surface area contributed by atoms with Crippen molar-refractivity contribution in [2.45, 2.75) is 58.2 Å². The molecule has 1 aromatic carbocycles. The van der Waals surface area contributed by atoms with Gasteiger partial charge in [0, 0.05) is 19.1 Å². The molecule has 1 heterocycles. The Hall–Kier alpha value is -1.46. The summed E-state index contributed by atoms with van der Waals surface area (Å²) in [5, 5.41) is 3.29. The van der Waals surface area contributed by atoms with Crippen LogP contribution < -0.4 is 5.32 Å². The van der Waals surface area contributed by atoms with Gasteiger partial charge in [0.25, 0.3) is 0 Å². The number of halogens is 1. The van der Waals surface area contributed by atoms with Crippen LogP contribution in [0.15, 0.2) is 24.3 Å². The van der Waals surface area contributed by atoms with Gasteiger partial charge in [-0.25, -0.2) is 4.39 Å². The smallest absolute Gasteiger partial charge is 0.237 e. The number of rotatable bonds is 4. The summed E-state index contributed by atoms with van der Waals surface area (Å²) in [7, 11) is 0. The van der Waals surface area contributed by atoms with Crippen LogP contribution in [0, 0.1) is 17.7 Å². The molecule has 0 unspecified atom stereocenters. The summed E-state index contributed by atoms with van der Waals surface area (Å²) in [6.45, 7) is 8.47. The molecule has 1 N–H and O–H groups in total. The highest BCUT2D eigenvalue weighted by Crippen LogP contribution is 2.30. The highest BCUT2D eigenvalue weighted by atomic mass is 19.1. The van der Waals surface area contributed by atoms with E-state index >= 15 is 0 Å². The average Bonchev–Trinajstić information content (AvgIpc) is 2.65. The van der Waals surface area contributed by atoms with E-state index in [1.54, 1.807) is 12.1 Å². The number of benzene rings is 1. The minimum absolute atomic E-state index is 0.107. The second kappa shape index (κ2) is 8.49. The second-order valence-electron chi connectivity index (χ2n) is 7.96. The van der Waals surface area contributed by atoms with Crippen molar-refractivity contribution in [2.24, 2.45) is 11.8 Å². The Bertz CT molecular complexity index is 607. The Labute approximate surface area is 156 Å². The van der Waals surface area contributed by atoms with Crippen molar-refractivity contribution in [3.05, 3.63) is 35.6 Å². The van der Waals surface area contributed by atoms with E-state index in [0.717, 1.165) is 18.5 Å². The predicted octanol–water partition coefficient (Wildman–Crippen LogP) is 3.53. The highest BCUT2D eigenvalue weighted by Gasteiger charge is 2.32. The Morgan fingerprint density at radius 1 is 1.27 bits per heavy atom. The molecule has 1 amide bonds. The summed E-state index contributed by atoms with van der Waals surface area (Å²) in [5.41, 5.74) is 0.957.